The third kappa shape index (κ3) is 2.99. The van der Waals surface area contributed by atoms with Crippen molar-refractivity contribution in [2.24, 2.45) is 5.73 Å². The third-order valence-corrected chi connectivity index (χ3v) is 2.79. The molecule has 6 heteroatoms. The maximum atomic E-state index is 12.1. The molecule has 0 fully saturated rings. The van der Waals surface area contributed by atoms with Gasteiger partial charge in [0.1, 0.15) is 5.56 Å². The number of nitro groups is 1. The van der Waals surface area contributed by atoms with Gasteiger partial charge in [-0.3, -0.25) is 14.9 Å². The van der Waals surface area contributed by atoms with Crippen LogP contribution in [0.1, 0.15) is 15.9 Å². The van der Waals surface area contributed by atoms with Crippen molar-refractivity contribution in [1.82, 2.24) is 0 Å². The average Bonchev–Trinajstić information content (AvgIpc) is 2.48. The molecule has 6 nitrogen and oxygen atoms in total. The van der Waals surface area contributed by atoms with E-state index in [1.54, 1.807) is 30.3 Å². The van der Waals surface area contributed by atoms with E-state index in [2.05, 4.69) is 5.32 Å². The Morgan fingerprint density at radius 2 is 1.80 bits per heavy atom. The summed E-state index contributed by atoms with van der Waals surface area (Å²) in [5, 5.41) is 13.5. The quantitative estimate of drug-likeness (QED) is 0.658. The van der Waals surface area contributed by atoms with Crippen molar-refractivity contribution in [1.29, 1.82) is 0 Å². The number of para-hydroxylation sites is 1. The summed E-state index contributed by atoms with van der Waals surface area (Å²) in [6, 6.07) is 12.8. The van der Waals surface area contributed by atoms with Gasteiger partial charge in [0.15, 0.2) is 0 Å². The molecule has 0 aliphatic rings. The monoisotopic (exact) mass is 271 g/mol. The highest BCUT2D eigenvalue weighted by molar-refractivity contribution is 6.07. The summed E-state index contributed by atoms with van der Waals surface area (Å²) in [5.41, 5.74) is 6.79. The Labute approximate surface area is 115 Å². The fourth-order valence-corrected chi connectivity index (χ4v) is 1.75. The van der Waals surface area contributed by atoms with Gasteiger partial charge in [0, 0.05) is 18.3 Å². The largest absolute Gasteiger partial charge is 0.326 e. The molecule has 0 aliphatic carbocycles. The molecular weight excluding hydrogens is 258 g/mol. The Bertz CT molecular complexity index is 638. The maximum absolute atomic E-state index is 12.1. The standard InChI is InChI=1S/C14H13N3O3/c15-9-10-5-7-11(8-6-10)16-14(18)12-3-1-2-4-13(12)17(19)20/h1-8H,9,15H2,(H,16,18). The zero-order valence-corrected chi connectivity index (χ0v) is 10.6. The van der Waals surface area contributed by atoms with Gasteiger partial charge in [-0.2, -0.15) is 0 Å². The number of carbonyl (C=O) groups is 1. The predicted molar refractivity (Wildman–Crippen MR) is 75.4 cm³/mol. The van der Waals surface area contributed by atoms with E-state index in [0.29, 0.717) is 12.2 Å². The molecule has 1 amide bonds. The normalized spacial score (nSPS) is 10.1. The van der Waals surface area contributed by atoms with Crippen molar-refractivity contribution in [2.75, 3.05) is 5.32 Å². The smallest absolute Gasteiger partial charge is 0.282 e. The summed E-state index contributed by atoms with van der Waals surface area (Å²) < 4.78 is 0. The molecule has 102 valence electrons. The lowest BCUT2D eigenvalue weighted by Gasteiger charge is -2.06. The summed E-state index contributed by atoms with van der Waals surface area (Å²) in [6.45, 7) is 0.415. The molecule has 0 radical (unpaired) electrons. The molecule has 0 spiro atoms. The lowest BCUT2D eigenvalue weighted by Crippen LogP contribution is -2.13. The number of amides is 1. The van der Waals surface area contributed by atoms with Crippen LogP contribution < -0.4 is 11.1 Å². The van der Waals surface area contributed by atoms with Crippen LogP contribution in [0.3, 0.4) is 0 Å². The van der Waals surface area contributed by atoms with Crippen molar-refractivity contribution in [2.45, 2.75) is 6.54 Å². The van der Waals surface area contributed by atoms with Crippen molar-refractivity contribution in [3.8, 4) is 0 Å². The highest BCUT2D eigenvalue weighted by Crippen LogP contribution is 2.19. The number of nitro benzene ring substituents is 1. The van der Waals surface area contributed by atoms with Crippen LogP contribution in [-0.4, -0.2) is 10.8 Å². The Kier molecular flexibility index (Phi) is 4.07. The Hall–Kier alpha value is -2.73. The van der Waals surface area contributed by atoms with Crippen LogP contribution in [0, 0.1) is 10.1 Å². The summed E-state index contributed by atoms with van der Waals surface area (Å²) >= 11 is 0. The summed E-state index contributed by atoms with van der Waals surface area (Å²) in [4.78, 5) is 22.4. The summed E-state index contributed by atoms with van der Waals surface area (Å²) in [6.07, 6.45) is 0. The fraction of sp³-hybridized carbons (Fsp3) is 0.0714. The Morgan fingerprint density at radius 1 is 1.15 bits per heavy atom. The van der Waals surface area contributed by atoms with Crippen LogP contribution in [0.4, 0.5) is 11.4 Å². The average molecular weight is 271 g/mol. The minimum Gasteiger partial charge on any atom is -0.326 e. The van der Waals surface area contributed by atoms with E-state index in [4.69, 9.17) is 5.73 Å². The summed E-state index contributed by atoms with van der Waals surface area (Å²) in [5.74, 6) is -0.516. The van der Waals surface area contributed by atoms with Gasteiger partial charge in [-0.05, 0) is 23.8 Å². The van der Waals surface area contributed by atoms with E-state index in [9.17, 15) is 14.9 Å². The van der Waals surface area contributed by atoms with Gasteiger partial charge in [0.25, 0.3) is 11.6 Å². The molecule has 20 heavy (non-hydrogen) atoms. The first-order valence-corrected chi connectivity index (χ1v) is 5.95. The molecule has 2 rings (SSSR count). The minimum atomic E-state index is -0.577. The van der Waals surface area contributed by atoms with Crippen molar-refractivity contribution in [3.05, 3.63) is 69.8 Å². The number of hydrogen-bond donors (Lipinski definition) is 2. The number of hydrogen-bond acceptors (Lipinski definition) is 4. The van der Waals surface area contributed by atoms with Crippen LogP contribution in [-0.2, 0) is 6.54 Å². The predicted octanol–water partition coefficient (Wildman–Crippen LogP) is 2.31. The van der Waals surface area contributed by atoms with Gasteiger partial charge in [-0.25, -0.2) is 0 Å². The molecule has 0 saturated carbocycles. The third-order valence-electron chi connectivity index (χ3n) is 2.79. The first-order valence-electron chi connectivity index (χ1n) is 5.95. The lowest BCUT2D eigenvalue weighted by molar-refractivity contribution is -0.385. The second kappa shape index (κ2) is 5.94. The van der Waals surface area contributed by atoms with E-state index in [1.807, 2.05) is 0 Å². The van der Waals surface area contributed by atoms with Gasteiger partial charge in [-0.15, -0.1) is 0 Å². The molecule has 3 N–H and O–H groups in total. The van der Waals surface area contributed by atoms with E-state index >= 15 is 0 Å². The number of nitrogens with one attached hydrogen (secondary N) is 1. The first-order chi connectivity index (χ1) is 9.61. The van der Waals surface area contributed by atoms with E-state index < -0.39 is 10.8 Å². The SMILES string of the molecule is NCc1ccc(NC(=O)c2ccccc2[N+](=O)[O-])cc1. The van der Waals surface area contributed by atoms with Crippen LogP contribution >= 0.6 is 0 Å². The highest BCUT2D eigenvalue weighted by atomic mass is 16.6. The molecule has 0 aliphatic heterocycles. The fourth-order valence-electron chi connectivity index (χ4n) is 1.75. The Morgan fingerprint density at radius 3 is 2.40 bits per heavy atom. The molecule has 0 atom stereocenters. The molecule has 0 saturated heterocycles. The highest BCUT2D eigenvalue weighted by Gasteiger charge is 2.18. The van der Waals surface area contributed by atoms with Gasteiger partial charge < -0.3 is 11.1 Å². The first kappa shape index (κ1) is 13.7. The van der Waals surface area contributed by atoms with E-state index in [1.165, 1.54) is 18.2 Å². The zero-order chi connectivity index (χ0) is 14.5. The molecule has 0 aromatic heterocycles. The number of carbonyl (C=O) groups excluding carboxylic acids is 1. The molecular formula is C14H13N3O3. The molecule has 2 aromatic rings. The maximum Gasteiger partial charge on any atom is 0.282 e. The molecule has 0 bridgehead atoms. The van der Waals surface area contributed by atoms with Crippen LogP contribution in [0.5, 0.6) is 0 Å². The minimum absolute atomic E-state index is 0.0281. The van der Waals surface area contributed by atoms with Crippen LogP contribution in [0.25, 0.3) is 0 Å². The second-order valence-electron chi connectivity index (χ2n) is 4.13. The van der Waals surface area contributed by atoms with Gasteiger partial charge in [-0.1, -0.05) is 24.3 Å². The zero-order valence-electron chi connectivity index (χ0n) is 10.6. The van der Waals surface area contributed by atoms with Gasteiger partial charge >= 0.3 is 0 Å². The number of anilines is 1. The number of rotatable bonds is 4. The molecule has 0 heterocycles. The molecule has 2 aromatic carbocycles. The number of nitrogens with two attached hydrogens (primary N) is 1. The van der Waals surface area contributed by atoms with Gasteiger partial charge in [0.05, 0.1) is 4.92 Å². The van der Waals surface area contributed by atoms with E-state index in [0.717, 1.165) is 5.56 Å². The number of benzene rings is 2. The van der Waals surface area contributed by atoms with Crippen molar-refractivity contribution < 1.29 is 9.72 Å². The van der Waals surface area contributed by atoms with E-state index in [-0.39, 0.29) is 11.3 Å². The van der Waals surface area contributed by atoms with Crippen LogP contribution in [0.15, 0.2) is 48.5 Å². The second-order valence-corrected chi connectivity index (χ2v) is 4.13. The van der Waals surface area contributed by atoms with Gasteiger partial charge in [0.2, 0.25) is 0 Å². The van der Waals surface area contributed by atoms with Crippen LogP contribution in [0.2, 0.25) is 0 Å². The lowest BCUT2D eigenvalue weighted by atomic mass is 10.1. The van der Waals surface area contributed by atoms with Crippen molar-refractivity contribution >= 4 is 17.3 Å². The Balaban J connectivity index is 2.21. The topological polar surface area (TPSA) is 98.3 Å². The van der Waals surface area contributed by atoms with Crippen molar-refractivity contribution in [3.63, 3.8) is 0 Å². The number of nitrogens with zero attached hydrogens (tertiary/aromatic N) is 1. The summed E-state index contributed by atoms with van der Waals surface area (Å²) in [7, 11) is 0. The molecule has 0 unspecified atom stereocenters.